The number of carbonyl (C=O) groups excluding carboxylic acids is 1. The Morgan fingerprint density at radius 1 is 1.14 bits per heavy atom. The summed E-state index contributed by atoms with van der Waals surface area (Å²) in [5.41, 5.74) is -0.270. The van der Waals surface area contributed by atoms with E-state index in [4.69, 9.17) is 0 Å². The Hall–Kier alpha value is -3.69. The van der Waals surface area contributed by atoms with Crippen molar-refractivity contribution in [2.75, 3.05) is 5.32 Å². The lowest BCUT2D eigenvalue weighted by molar-refractivity contribution is -0.137. The van der Waals surface area contributed by atoms with Crippen LogP contribution in [-0.4, -0.2) is 30.1 Å². The van der Waals surface area contributed by atoms with Crippen molar-refractivity contribution in [3.63, 3.8) is 0 Å². The minimum Gasteiger partial charge on any atom is -0.340 e. The number of hydrogen-bond acceptors (Lipinski definition) is 4. The lowest BCUT2D eigenvalue weighted by atomic mass is 10.0. The number of imidazole rings is 1. The summed E-state index contributed by atoms with van der Waals surface area (Å²) in [6, 6.07) is 8.10. The van der Waals surface area contributed by atoms with Crippen molar-refractivity contribution >= 4 is 17.4 Å². The number of aryl methyl sites for hydroxylation is 1. The van der Waals surface area contributed by atoms with Crippen molar-refractivity contribution in [2.45, 2.75) is 6.18 Å². The van der Waals surface area contributed by atoms with Crippen LogP contribution in [0.5, 0.6) is 0 Å². The number of hydrogen-bond donors (Lipinski definition) is 1. The molecule has 0 aliphatic rings. The molecule has 4 rings (SSSR count). The second-order valence-corrected chi connectivity index (χ2v) is 6.05. The SMILES string of the molecule is Cn1cnc(C(=O)Nc2ccnc3cc(-c4ccccc4C(F)(F)F)nn23)c1. The van der Waals surface area contributed by atoms with Crippen molar-refractivity contribution in [2.24, 2.45) is 7.05 Å². The number of carbonyl (C=O) groups is 1. The van der Waals surface area contributed by atoms with Crippen molar-refractivity contribution in [3.05, 3.63) is 66.4 Å². The van der Waals surface area contributed by atoms with Crippen LogP contribution in [0.2, 0.25) is 0 Å². The molecular formula is C18H13F3N6O. The smallest absolute Gasteiger partial charge is 0.340 e. The molecule has 1 aromatic carbocycles. The number of halogens is 3. The Morgan fingerprint density at radius 2 is 1.93 bits per heavy atom. The Labute approximate surface area is 156 Å². The van der Waals surface area contributed by atoms with E-state index in [1.807, 2.05) is 0 Å². The molecule has 3 heterocycles. The predicted molar refractivity (Wildman–Crippen MR) is 94.6 cm³/mol. The van der Waals surface area contributed by atoms with Crippen LogP contribution in [0.4, 0.5) is 19.0 Å². The van der Waals surface area contributed by atoms with Gasteiger partial charge in [0.2, 0.25) is 0 Å². The number of aromatic nitrogens is 5. The van der Waals surface area contributed by atoms with Crippen molar-refractivity contribution in [3.8, 4) is 11.3 Å². The lowest BCUT2D eigenvalue weighted by Crippen LogP contribution is -2.15. The van der Waals surface area contributed by atoms with E-state index in [1.165, 1.54) is 47.4 Å². The van der Waals surface area contributed by atoms with Gasteiger partial charge < -0.3 is 9.88 Å². The zero-order valence-electron chi connectivity index (χ0n) is 14.5. The monoisotopic (exact) mass is 386 g/mol. The van der Waals surface area contributed by atoms with Gasteiger partial charge >= 0.3 is 6.18 Å². The van der Waals surface area contributed by atoms with Crippen LogP contribution in [0.3, 0.4) is 0 Å². The van der Waals surface area contributed by atoms with Crippen LogP contribution in [0, 0.1) is 0 Å². The number of fused-ring (bicyclic) bond motifs is 1. The summed E-state index contributed by atoms with van der Waals surface area (Å²) < 4.78 is 42.8. The van der Waals surface area contributed by atoms with Gasteiger partial charge in [-0.15, -0.1) is 0 Å². The summed E-state index contributed by atoms with van der Waals surface area (Å²) in [6.07, 6.45) is -0.0563. The molecule has 1 N–H and O–H groups in total. The molecule has 0 bridgehead atoms. The first kappa shape index (κ1) is 17.7. The Morgan fingerprint density at radius 3 is 2.64 bits per heavy atom. The molecular weight excluding hydrogens is 373 g/mol. The summed E-state index contributed by atoms with van der Waals surface area (Å²) in [5.74, 6) is -0.211. The average molecular weight is 386 g/mol. The van der Waals surface area contributed by atoms with Gasteiger partial charge in [-0.1, -0.05) is 18.2 Å². The van der Waals surface area contributed by atoms with E-state index < -0.39 is 17.6 Å². The summed E-state index contributed by atoms with van der Waals surface area (Å²) >= 11 is 0. The van der Waals surface area contributed by atoms with E-state index in [2.05, 4.69) is 20.4 Å². The molecule has 7 nitrogen and oxygen atoms in total. The van der Waals surface area contributed by atoms with Gasteiger partial charge in [0.05, 0.1) is 17.6 Å². The standard InChI is InChI=1S/C18H13F3N6O/c1-26-9-14(23-10-26)17(28)24-15-6-7-22-16-8-13(25-27(15)16)11-4-2-3-5-12(11)18(19,20)21/h2-10H,1H3,(H,24,28). The molecule has 1 amide bonds. The van der Waals surface area contributed by atoms with Gasteiger partial charge in [0.1, 0.15) is 11.5 Å². The molecule has 0 aliphatic carbocycles. The zero-order chi connectivity index (χ0) is 19.9. The maximum Gasteiger partial charge on any atom is 0.417 e. The highest BCUT2D eigenvalue weighted by atomic mass is 19.4. The minimum absolute atomic E-state index is 0.0671. The van der Waals surface area contributed by atoms with E-state index in [0.29, 0.717) is 5.65 Å². The van der Waals surface area contributed by atoms with Gasteiger partial charge in [-0.25, -0.2) is 9.97 Å². The number of alkyl halides is 3. The predicted octanol–water partition coefficient (Wildman–Crippen LogP) is 3.40. The maximum atomic E-state index is 13.3. The molecule has 3 aromatic heterocycles. The van der Waals surface area contributed by atoms with Crippen LogP contribution in [-0.2, 0) is 13.2 Å². The topological polar surface area (TPSA) is 77.1 Å². The van der Waals surface area contributed by atoms with Crippen molar-refractivity contribution in [1.29, 1.82) is 0 Å². The molecule has 0 radical (unpaired) electrons. The Balaban J connectivity index is 1.75. The third-order valence-electron chi connectivity index (χ3n) is 4.05. The van der Waals surface area contributed by atoms with E-state index in [-0.39, 0.29) is 22.8 Å². The zero-order valence-corrected chi connectivity index (χ0v) is 14.5. The van der Waals surface area contributed by atoms with Gasteiger partial charge in [-0.05, 0) is 12.1 Å². The van der Waals surface area contributed by atoms with Gasteiger partial charge in [0, 0.05) is 31.1 Å². The number of benzene rings is 1. The van der Waals surface area contributed by atoms with E-state index in [0.717, 1.165) is 6.07 Å². The van der Waals surface area contributed by atoms with E-state index >= 15 is 0 Å². The van der Waals surface area contributed by atoms with Gasteiger partial charge in [0.15, 0.2) is 5.65 Å². The Bertz CT molecular complexity index is 1180. The number of anilines is 1. The molecule has 0 fully saturated rings. The molecule has 28 heavy (non-hydrogen) atoms. The number of rotatable bonds is 3. The molecule has 0 saturated heterocycles. The normalized spacial score (nSPS) is 11.7. The minimum atomic E-state index is -4.52. The second kappa shape index (κ2) is 6.48. The van der Waals surface area contributed by atoms with Gasteiger partial charge in [0.25, 0.3) is 5.91 Å². The molecule has 0 spiro atoms. The largest absolute Gasteiger partial charge is 0.417 e. The van der Waals surface area contributed by atoms with Crippen molar-refractivity contribution < 1.29 is 18.0 Å². The van der Waals surface area contributed by atoms with Gasteiger partial charge in [-0.2, -0.15) is 22.8 Å². The number of amides is 1. The van der Waals surface area contributed by atoms with Crippen LogP contribution >= 0.6 is 0 Å². The third-order valence-corrected chi connectivity index (χ3v) is 4.05. The molecule has 142 valence electrons. The number of nitrogens with zero attached hydrogens (tertiary/aromatic N) is 5. The van der Waals surface area contributed by atoms with Gasteiger partial charge in [-0.3, -0.25) is 4.79 Å². The fourth-order valence-corrected chi connectivity index (χ4v) is 2.79. The summed E-state index contributed by atoms with van der Waals surface area (Å²) in [6.45, 7) is 0. The molecule has 0 unspecified atom stereocenters. The van der Waals surface area contributed by atoms with Crippen LogP contribution in [0.1, 0.15) is 16.1 Å². The van der Waals surface area contributed by atoms with Crippen LogP contribution in [0.15, 0.2) is 55.1 Å². The summed E-state index contributed by atoms with van der Waals surface area (Å²) in [7, 11) is 1.73. The highest BCUT2D eigenvalue weighted by molar-refractivity contribution is 6.02. The summed E-state index contributed by atoms with van der Waals surface area (Å²) in [4.78, 5) is 20.4. The first-order valence-electron chi connectivity index (χ1n) is 8.13. The molecule has 0 aliphatic heterocycles. The molecule has 4 aromatic rings. The highest BCUT2D eigenvalue weighted by Gasteiger charge is 2.34. The van der Waals surface area contributed by atoms with E-state index in [1.54, 1.807) is 17.8 Å². The molecule has 0 saturated carbocycles. The number of nitrogens with one attached hydrogen (secondary N) is 1. The fraction of sp³-hybridized carbons (Fsp3) is 0.111. The first-order chi connectivity index (χ1) is 13.3. The summed E-state index contributed by atoms with van der Waals surface area (Å²) in [5, 5.41) is 6.87. The van der Waals surface area contributed by atoms with Crippen LogP contribution < -0.4 is 5.32 Å². The van der Waals surface area contributed by atoms with Crippen LogP contribution in [0.25, 0.3) is 16.9 Å². The molecule has 10 heteroatoms. The molecule has 0 atom stereocenters. The average Bonchev–Trinajstić information content (AvgIpc) is 3.28. The third kappa shape index (κ3) is 3.20. The van der Waals surface area contributed by atoms with Crippen molar-refractivity contribution in [1.82, 2.24) is 24.1 Å². The maximum absolute atomic E-state index is 13.3. The second-order valence-electron chi connectivity index (χ2n) is 6.05. The lowest BCUT2D eigenvalue weighted by Gasteiger charge is -2.10. The quantitative estimate of drug-likeness (QED) is 0.586. The first-order valence-corrected chi connectivity index (χ1v) is 8.13. The van der Waals surface area contributed by atoms with E-state index in [9.17, 15) is 18.0 Å². The Kier molecular flexibility index (Phi) is 4.10. The highest BCUT2D eigenvalue weighted by Crippen LogP contribution is 2.36. The fourth-order valence-electron chi connectivity index (χ4n) is 2.79.